The van der Waals surface area contributed by atoms with Crippen molar-refractivity contribution in [1.29, 1.82) is 0 Å². The largest absolute Gasteiger partial charge is 0.483 e. The first-order valence-corrected chi connectivity index (χ1v) is 9.97. The maximum Gasteiger partial charge on any atom is 0.277 e. The lowest BCUT2D eigenvalue weighted by Gasteiger charge is -2.09. The van der Waals surface area contributed by atoms with Crippen molar-refractivity contribution in [2.75, 3.05) is 6.61 Å². The standard InChI is InChI=1S/C22H16Cl2N4O3/c1-13-2-4-18-14(8-13)9-15(22(24)27-18)11-25-28-21(29)12-30-19-5-3-16(23)10-17(19)20-6-7-26-31-20/h2-11H,12H2,1H3,(H,28,29)/b25-11+. The average Bonchev–Trinajstić information content (AvgIpc) is 3.28. The molecule has 2 heterocycles. The first kappa shape index (κ1) is 20.8. The Morgan fingerprint density at radius 3 is 2.87 bits per heavy atom. The van der Waals surface area contributed by atoms with Crippen molar-refractivity contribution in [2.45, 2.75) is 6.92 Å². The molecular weight excluding hydrogens is 439 g/mol. The van der Waals surface area contributed by atoms with Gasteiger partial charge in [-0.25, -0.2) is 10.4 Å². The Labute approximate surface area is 187 Å². The topological polar surface area (TPSA) is 89.6 Å². The Morgan fingerprint density at radius 1 is 1.19 bits per heavy atom. The van der Waals surface area contributed by atoms with Gasteiger partial charge < -0.3 is 9.26 Å². The minimum absolute atomic E-state index is 0.261. The van der Waals surface area contributed by atoms with Crippen LogP contribution in [0.15, 0.2) is 64.4 Å². The molecule has 7 nitrogen and oxygen atoms in total. The highest BCUT2D eigenvalue weighted by atomic mass is 35.5. The second-order valence-electron chi connectivity index (χ2n) is 6.66. The molecule has 0 radical (unpaired) electrons. The summed E-state index contributed by atoms with van der Waals surface area (Å²) in [7, 11) is 0. The normalized spacial score (nSPS) is 11.2. The summed E-state index contributed by atoms with van der Waals surface area (Å²) in [5.74, 6) is 0.456. The lowest BCUT2D eigenvalue weighted by molar-refractivity contribution is -0.123. The van der Waals surface area contributed by atoms with E-state index in [-0.39, 0.29) is 6.61 Å². The summed E-state index contributed by atoms with van der Waals surface area (Å²) in [5.41, 5.74) is 5.48. The number of hydrogen-bond donors (Lipinski definition) is 1. The minimum Gasteiger partial charge on any atom is -0.483 e. The molecule has 2 aromatic carbocycles. The number of nitrogens with zero attached hydrogens (tertiary/aromatic N) is 3. The van der Waals surface area contributed by atoms with Crippen LogP contribution in [-0.2, 0) is 4.79 Å². The van der Waals surface area contributed by atoms with E-state index in [1.165, 1.54) is 12.4 Å². The molecule has 0 spiro atoms. The van der Waals surface area contributed by atoms with E-state index in [0.29, 0.717) is 32.8 Å². The second kappa shape index (κ2) is 9.16. The smallest absolute Gasteiger partial charge is 0.277 e. The summed E-state index contributed by atoms with van der Waals surface area (Å²) in [6, 6.07) is 14.4. The van der Waals surface area contributed by atoms with Gasteiger partial charge in [-0.1, -0.05) is 40.0 Å². The van der Waals surface area contributed by atoms with E-state index < -0.39 is 5.91 Å². The lowest BCUT2D eigenvalue weighted by Crippen LogP contribution is -2.24. The zero-order valence-electron chi connectivity index (χ0n) is 16.3. The SMILES string of the molecule is Cc1ccc2nc(Cl)c(/C=N/NC(=O)COc3ccc(Cl)cc3-c3ccno3)cc2c1. The van der Waals surface area contributed by atoms with Gasteiger partial charge in [0, 0.05) is 22.0 Å². The number of benzene rings is 2. The van der Waals surface area contributed by atoms with Gasteiger partial charge in [0.2, 0.25) is 0 Å². The van der Waals surface area contributed by atoms with Crippen molar-refractivity contribution < 1.29 is 14.1 Å². The van der Waals surface area contributed by atoms with Gasteiger partial charge in [0.25, 0.3) is 5.91 Å². The number of aromatic nitrogens is 2. The summed E-state index contributed by atoms with van der Waals surface area (Å²) < 4.78 is 10.8. The van der Waals surface area contributed by atoms with E-state index in [1.807, 2.05) is 31.2 Å². The number of amides is 1. The van der Waals surface area contributed by atoms with Crippen molar-refractivity contribution in [1.82, 2.24) is 15.6 Å². The Bertz CT molecular complexity index is 1270. The van der Waals surface area contributed by atoms with Gasteiger partial charge >= 0.3 is 0 Å². The third kappa shape index (κ3) is 5.02. The highest BCUT2D eigenvalue weighted by molar-refractivity contribution is 6.32. The van der Waals surface area contributed by atoms with Gasteiger partial charge in [0.15, 0.2) is 12.4 Å². The molecule has 0 saturated carbocycles. The molecule has 31 heavy (non-hydrogen) atoms. The van der Waals surface area contributed by atoms with Crippen molar-refractivity contribution >= 4 is 46.2 Å². The number of hydrogen-bond acceptors (Lipinski definition) is 6. The van der Waals surface area contributed by atoms with Gasteiger partial charge in [0.05, 0.1) is 23.5 Å². The fourth-order valence-electron chi connectivity index (χ4n) is 2.90. The molecule has 0 fully saturated rings. The van der Waals surface area contributed by atoms with E-state index in [0.717, 1.165) is 16.5 Å². The van der Waals surface area contributed by atoms with Crippen LogP contribution < -0.4 is 10.2 Å². The van der Waals surface area contributed by atoms with E-state index in [9.17, 15) is 4.79 Å². The molecule has 0 aliphatic heterocycles. The summed E-state index contributed by atoms with van der Waals surface area (Å²) in [6.45, 7) is 1.74. The summed E-state index contributed by atoms with van der Waals surface area (Å²) in [5, 5.41) is 9.36. The Balaban J connectivity index is 1.41. The predicted octanol–water partition coefficient (Wildman–Crippen LogP) is 5.03. The number of aryl methyl sites for hydroxylation is 1. The number of carbonyl (C=O) groups excluding carboxylic acids is 1. The number of pyridine rings is 1. The molecular formula is C22H16Cl2N4O3. The Hall–Kier alpha value is -3.42. The predicted molar refractivity (Wildman–Crippen MR) is 120 cm³/mol. The van der Waals surface area contributed by atoms with Crippen LogP contribution in [0, 0.1) is 6.92 Å². The van der Waals surface area contributed by atoms with Crippen LogP contribution in [0.3, 0.4) is 0 Å². The average molecular weight is 455 g/mol. The van der Waals surface area contributed by atoms with Crippen molar-refractivity contribution in [3.8, 4) is 17.1 Å². The molecule has 0 atom stereocenters. The van der Waals surface area contributed by atoms with E-state index in [1.54, 1.807) is 24.3 Å². The molecule has 1 amide bonds. The summed E-state index contributed by atoms with van der Waals surface area (Å²) >= 11 is 12.3. The number of nitrogens with one attached hydrogen (secondary N) is 1. The third-order valence-corrected chi connectivity index (χ3v) is 4.89. The van der Waals surface area contributed by atoms with Crippen molar-refractivity contribution in [3.05, 3.63) is 76.0 Å². The molecule has 0 saturated heterocycles. The van der Waals surface area contributed by atoms with Gasteiger partial charge in [-0.3, -0.25) is 4.79 Å². The van der Waals surface area contributed by atoms with E-state index in [2.05, 4.69) is 20.7 Å². The molecule has 9 heteroatoms. The molecule has 0 aliphatic rings. The molecule has 4 rings (SSSR count). The molecule has 0 bridgehead atoms. The van der Waals surface area contributed by atoms with Gasteiger partial charge in [-0.15, -0.1) is 0 Å². The molecule has 2 aromatic heterocycles. The number of hydrazone groups is 1. The van der Waals surface area contributed by atoms with Gasteiger partial charge in [0.1, 0.15) is 10.9 Å². The molecule has 0 aliphatic carbocycles. The first-order chi connectivity index (χ1) is 15.0. The Kier molecular flexibility index (Phi) is 6.16. The van der Waals surface area contributed by atoms with Crippen LogP contribution in [0.2, 0.25) is 10.2 Å². The van der Waals surface area contributed by atoms with Crippen LogP contribution in [0.1, 0.15) is 11.1 Å². The fraction of sp³-hybridized carbons (Fsp3) is 0.0909. The van der Waals surface area contributed by atoms with E-state index in [4.69, 9.17) is 32.5 Å². The van der Waals surface area contributed by atoms with Crippen molar-refractivity contribution in [3.63, 3.8) is 0 Å². The maximum absolute atomic E-state index is 12.2. The minimum atomic E-state index is -0.449. The zero-order chi connectivity index (χ0) is 21.8. The highest BCUT2D eigenvalue weighted by Gasteiger charge is 2.12. The second-order valence-corrected chi connectivity index (χ2v) is 7.46. The number of rotatable bonds is 6. The van der Waals surface area contributed by atoms with Crippen LogP contribution in [-0.4, -0.2) is 28.9 Å². The lowest BCUT2D eigenvalue weighted by atomic mass is 10.1. The van der Waals surface area contributed by atoms with Crippen LogP contribution in [0.4, 0.5) is 0 Å². The highest BCUT2D eigenvalue weighted by Crippen LogP contribution is 2.32. The quantitative estimate of drug-likeness (QED) is 0.250. The molecule has 156 valence electrons. The third-order valence-electron chi connectivity index (χ3n) is 4.35. The van der Waals surface area contributed by atoms with E-state index >= 15 is 0 Å². The number of fused-ring (bicyclic) bond motifs is 1. The molecule has 0 unspecified atom stereocenters. The first-order valence-electron chi connectivity index (χ1n) is 9.22. The fourth-order valence-corrected chi connectivity index (χ4v) is 3.27. The molecule has 1 N–H and O–H groups in total. The number of halogens is 2. The number of ether oxygens (including phenoxy) is 1. The van der Waals surface area contributed by atoms with Gasteiger partial charge in [-0.2, -0.15) is 5.10 Å². The van der Waals surface area contributed by atoms with Crippen LogP contribution >= 0.6 is 23.2 Å². The monoisotopic (exact) mass is 454 g/mol. The Morgan fingerprint density at radius 2 is 2.06 bits per heavy atom. The van der Waals surface area contributed by atoms with Crippen LogP contribution in [0.5, 0.6) is 5.75 Å². The summed E-state index contributed by atoms with van der Waals surface area (Å²) in [6.07, 6.45) is 2.95. The van der Waals surface area contributed by atoms with Gasteiger partial charge in [-0.05, 0) is 43.3 Å². The number of carbonyl (C=O) groups is 1. The van der Waals surface area contributed by atoms with Crippen molar-refractivity contribution in [2.24, 2.45) is 5.10 Å². The summed E-state index contributed by atoms with van der Waals surface area (Å²) in [4.78, 5) is 16.5. The maximum atomic E-state index is 12.2. The zero-order valence-corrected chi connectivity index (χ0v) is 17.8. The van der Waals surface area contributed by atoms with Crippen LogP contribution in [0.25, 0.3) is 22.2 Å². The molecule has 4 aromatic rings.